The molecule has 144 valence electrons. The Morgan fingerprint density at radius 3 is 2.41 bits per heavy atom. The molecule has 0 radical (unpaired) electrons. The third-order valence-corrected chi connectivity index (χ3v) is 4.94. The molecular formula is C18H20Cl2FN5O. The largest absolute Gasteiger partial charge is 0.365 e. The minimum Gasteiger partial charge on any atom is -0.365 e. The van der Waals surface area contributed by atoms with E-state index in [4.69, 9.17) is 34.7 Å². The minimum absolute atomic E-state index is 0.0120. The first-order valence-electron chi connectivity index (χ1n) is 8.59. The van der Waals surface area contributed by atoms with Crippen molar-refractivity contribution in [2.24, 2.45) is 11.5 Å². The molecule has 1 aliphatic carbocycles. The number of nitrogens with one attached hydrogen (secondary N) is 2. The summed E-state index contributed by atoms with van der Waals surface area (Å²) in [6.45, 7) is 0. The fraction of sp³-hybridized carbons (Fsp3) is 0.333. The maximum absolute atomic E-state index is 14.5. The zero-order chi connectivity index (χ0) is 19.6. The number of nitrogens with two attached hydrogens (primary N) is 2. The Kier molecular flexibility index (Phi) is 6.04. The number of pyridine rings is 1. The second kappa shape index (κ2) is 8.29. The van der Waals surface area contributed by atoms with Crippen molar-refractivity contribution in [1.82, 2.24) is 4.98 Å². The average Bonchev–Trinajstić information content (AvgIpc) is 2.58. The van der Waals surface area contributed by atoms with Gasteiger partial charge in [-0.1, -0.05) is 36.0 Å². The molecule has 1 saturated carbocycles. The van der Waals surface area contributed by atoms with Crippen LogP contribution in [0.4, 0.5) is 21.7 Å². The van der Waals surface area contributed by atoms with Crippen LogP contribution in [0.3, 0.4) is 0 Å². The fourth-order valence-electron chi connectivity index (χ4n) is 3.15. The highest BCUT2D eigenvalue weighted by Crippen LogP contribution is 2.29. The molecule has 1 unspecified atom stereocenters. The van der Waals surface area contributed by atoms with Gasteiger partial charge in [-0.3, -0.25) is 4.79 Å². The van der Waals surface area contributed by atoms with E-state index in [1.54, 1.807) is 18.2 Å². The van der Waals surface area contributed by atoms with E-state index in [0.717, 1.165) is 31.7 Å². The van der Waals surface area contributed by atoms with Crippen molar-refractivity contribution in [3.8, 4) is 0 Å². The van der Waals surface area contributed by atoms with Gasteiger partial charge in [0.1, 0.15) is 5.82 Å². The van der Waals surface area contributed by atoms with Crippen molar-refractivity contribution in [2.75, 3.05) is 10.6 Å². The molecule has 1 aromatic carbocycles. The van der Waals surface area contributed by atoms with Crippen LogP contribution in [-0.2, 0) is 0 Å². The second-order valence-corrected chi connectivity index (χ2v) is 7.43. The van der Waals surface area contributed by atoms with E-state index in [1.807, 2.05) is 0 Å². The van der Waals surface area contributed by atoms with Crippen LogP contribution in [0.25, 0.3) is 0 Å². The molecule has 9 heteroatoms. The Bertz CT molecular complexity index is 844. The number of primary amides is 1. The van der Waals surface area contributed by atoms with E-state index in [1.165, 1.54) is 0 Å². The lowest BCUT2D eigenvalue weighted by Crippen LogP contribution is -2.43. The molecule has 2 aromatic rings. The molecule has 27 heavy (non-hydrogen) atoms. The van der Waals surface area contributed by atoms with Crippen molar-refractivity contribution in [3.05, 3.63) is 45.7 Å². The third-order valence-electron chi connectivity index (χ3n) is 4.51. The molecule has 0 spiro atoms. The van der Waals surface area contributed by atoms with Crippen LogP contribution >= 0.6 is 23.2 Å². The molecular weight excluding hydrogens is 392 g/mol. The standard InChI is InChI=1S/C18H20Cl2FN5O/c19-9-5-10(20)7-11(6-9)24-17-12(16(23)27)8-13(21)18(26-17)25-15-4-2-1-3-14(15)22/h5-8,14-15H,1-4,22H2,(H2,23,27)(H2,24,25,26)/t14-,15?/m0/s1. The van der Waals surface area contributed by atoms with Crippen LogP contribution in [0.5, 0.6) is 0 Å². The monoisotopic (exact) mass is 411 g/mol. The van der Waals surface area contributed by atoms with Crippen LogP contribution in [0.15, 0.2) is 24.3 Å². The number of halogens is 3. The number of anilines is 3. The molecule has 1 aliphatic rings. The smallest absolute Gasteiger partial charge is 0.252 e. The fourth-order valence-corrected chi connectivity index (χ4v) is 3.68. The van der Waals surface area contributed by atoms with E-state index >= 15 is 0 Å². The van der Waals surface area contributed by atoms with Gasteiger partial charge in [0.25, 0.3) is 5.91 Å². The lowest BCUT2D eigenvalue weighted by molar-refractivity contribution is 0.100. The summed E-state index contributed by atoms with van der Waals surface area (Å²) < 4.78 is 14.5. The number of carbonyl (C=O) groups is 1. The van der Waals surface area contributed by atoms with Gasteiger partial charge in [-0.2, -0.15) is 0 Å². The Labute approximate surface area is 166 Å². The molecule has 3 rings (SSSR count). The highest BCUT2D eigenvalue weighted by molar-refractivity contribution is 6.35. The van der Waals surface area contributed by atoms with Gasteiger partial charge >= 0.3 is 0 Å². The molecule has 0 aliphatic heterocycles. The van der Waals surface area contributed by atoms with Gasteiger partial charge in [-0.25, -0.2) is 9.37 Å². The Hall–Kier alpha value is -2.09. The summed E-state index contributed by atoms with van der Waals surface area (Å²) in [5, 5.41) is 6.80. The first kappa shape index (κ1) is 19.7. The van der Waals surface area contributed by atoms with Gasteiger partial charge in [-0.05, 0) is 37.1 Å². The normalized spacial score (nSPS) is 19.6. The van der Waals surface area contributed by atoms with Crippen LogP contribution in [0.2, 0.25) is 10.0 Å². The summed E-state index contributed by atoms with van der Waals surface area (Å²) in [5.74, 6) is -1.36. The lowest BCUT2D eigenvalue weighted by atomic mass is 9.91. The Morgan fingerprint density at radius 2 is 1.78 bits per heavy atom. The van der Waals surface area contributed by atoms with Crippen LogP contribution < -0.4 is 22.1 Å². The lowest BCUT2D eigenvalue weighted by Gasteiger charge is -2.30. The molecule has 2 atom stereocenters. The summed E-state index contributed by atoms with van der Waals surface area (Å²) in [6.07, 6.45) is 3.76. The van der Waals surface area contributed by atoms with Crippen molar-refractivity contribution in [1.29, 1.82) is 0 Å². The topological polar surface area (TPSA) is 106 Å². The number of carbonyl (C=O) groups excluding carboxylic acids is 1. The van der Waals surface area contributed by atoms with Gasteiger partial charge in [-0.15, -0.1) is 0 Å². The maximum atomic E-state index is 14.5. The number of rotatable bonds is 5. The Balaban J connectivity index is 1.94. The average molecular weight is 412 g/mol. The predicted molar refractivity (Wildman–Crippen MR) is 106 cm³/mol. The number of amides is 1. The van der Waals surface area contributed by atoms with Crippen molar-refractivity contribution >= 4 is 46.4 Å². The highest BCUT2D eigenvalue weighted by atomic mass is 35.5. The van der Waals surface area contributed by atoms with E-state index in [2.05, 4.69) is 15.6 Å². The van der Waals surface area contributed by atoms with E-state index in [0.29, 0.717) is 15.7 Å². The first-order valence-corrected chi connectivity index (χ1v) is 9.34. The molecule has 6 nitrogen and oxygen atoms in total. The molecule has 1 fully saturated rings. The third kappa shape index (κ3) is 4.80. The first-order chi connectivity index (χ1) is 12.8. The van der Waals surface area contributed by atoms with Gasteiger partial charge in [0.05, 0.1) is 5.56 Å². The van der Waals surface area contributed by atoms with Gasteiger partial charge in [0.15, 0.2) is 11.6 Å². The number of benzene rings is 1. The second-order valence-electron chi connectivity index (χ2n) is 6.56. The van der Waals surface area contributed by atoms with Crippen LogP contribution in [0, 0.1) is 5.82 Å². The quantitative estimate of drug-likeness (QED) is 0.593. The Morgan fingerprint density at radius 1 is 1.11 bits per heavy atom. The number of hydrogen-bond donors (Lipinski definition) is 4. The number of aromatic nitrogens is 1. The summed E-state index contributed by atoms with van der Waals surface area (Å²) in [6, 6.07) is 5.66. The van der Waals surface area contributed by atoms with Gasteiger partial charge in [0, 0.05) is 27.8 Å². The maximum Gasteiger partial charge on any atom is 0.252 e. The molecule has 1 aromatic heterocycles. The van der Waals surface area contributed by atoms with Crippen LogP contribution in [-0.4, -0.2) is 23.0 Å². The summed E-state index contributed by atoms with van der Waals surface area (Å²) in [5.41, 5.74) is 11.9. The van der Waals surface area contributed by atoms with E-state index < -0.39 is 11.7 Å². The number of hydrogen-bond acceptors (Lipinski definition) is 5. The summed E-state index contributed by atoms with van der Waals surface area (Å²) in [7, 11) is 0. The number of nitrogens with zero attached hydrogens (tertiary/aromatic N) is 1. The van der Waals surface area contributed by atoms with Crippen molar-refractivity contribution in [3.63, 3.8) is 0 Å². The van der Waals surface area contributed by atoms with E-state index in [9.17, 15) is 9.18 Å². The molecule has 1 amide bonds. The zero-order valence-corrected chi connectivity index (χ0v) is 15.9. The zero-order valence-electron chi connectivity index (χ0n) is 14.4. The van der Waals surface area contributed by atoms with Gasteiger partial charge < -0.3 is 22.1 Å². The minimum atomic E-state index is -0.807. The summed E-state index contributed by atoms with van der Waals surface area (Å²) >= 11 is 12.0. The molecule has 0 bridgehead atoms. The van der Waals surface area contributed by atoms with Crippen molar-refractivity contribution in [2.45, 2.75) is 37.8 Å². The molecule has 6 N–H and O–H groups in total. The van der Waals surface area contributed by atoms with Gasteiger partial charge in [0.2, 0.25) is 0 Å². The van der Waals surface area contributed by atoms with Crippen LogP contribution in [0.1, 0.15) is 36.0 Å². The predicted octanol–water partition coefficient (Wildman–Crippen LogP) is 4.05. The molecule has 0 saturated heterocycles. The summed E-state index contributed by atoms with van der Waals surface area (Å²) in [4.78, 5) is 16.0. The van der Waals surface area contributed by atoms with Crippen molar-refractivity contribution < 1.29 is 9.18 Å². The molecule has 1 heterocycles. The highest BCUT2D eigenvalue weighted by Gasteiger charge is 2.24. The SMILES string of the molecule is NC(=O)c1cc(F)c(NC2CCCC[C@@H]2N)nc1Nc1cc(Cl)cc(Cl)c1. The van der Waals surface area contributed by atoms with E-state index in [-0.39, 0.29) is 29.3 Å².